The first-order valence-electron chi connectivity index (χ1n) is 7.86. The quantitative estimate of drug-likeness (QED) is 0.622. The maximum Gasteiger partial charge on any atom is 0.0207 e. The van der Waals surface area contributed by atoms with Gasteiger partial charge in [0.25, 0.3) is 0 Å². The first-order valence-corrected chi connectivity index (χ1v) is 8.66. The molecule has 0 spiro atoms. The summed E-state index contributed by atoms with van der Waals surface area (Å²) >= 11 is 3.68. The normalized spacial score (nSPS) is 13.4. The van der Waals surface area contributed by atoms with E-state index in [9.17, 15) is 0 Å². The summed E-state index contributed by atoms with van der Waals surface area (Å²) in [5.41, 5.74) is 1.86. The molecule has 1 nitrogen and oxygen atoms in total. The second kappa shape index (κ2) is 8.84. The lowest BCUT2D eigenvalue weighted by molar-refractivity contribution is 0.314. The first-order chi connectivity index (χ1) is 9.42. The van der Waals surface area contributed by atoms with Crippen LogP contribution in [0.3, 0.4) is 0 Å². The molecule has 2 heteroatoms. The molecule has 1 unspecified atom stereocenters. The molecule has 0 radical (unpaired) electrons. The van der Waals surface area contributed by atoms with Crippen molar-refractivity contribution in [3.63, 3.8) is 0 Å². The summed E-state index contributed by atoms with van der Waals surface area (Å²) < 4.78 is 1.25. The van der Waals surface area contributed by atoms with Crippen molar-refractivity contribution in [3.05, 3.63) is 34.3 Å². The van der Waals surface area contributed by atoms with Crippen molar-refractivity contribution in [2.45, 2.75) is 53.4 Å². The maximum atomic E-state index is 3.68. The zero-order chi connectivity index (χ0) is 15.0. The van der Waals surface area contributed by atoms with Crippen molar-refractivity contribution in [3.8, 4) is 0 Å². The van der Waals surface area contributed by atoms with E-state index in [1.54, 1.807) is 0 Å². The van der Waals surface area contributed by atoms with Gasteiger partial charge in [-0.1, -0.05) is 61.8 Å². The zero-order valence-electron chi connectivity index (χ0n) is 13.5. The fraction of sp³-hybridized carbons (Fsp3) is 0.667. The summed E-state index contributed by atoms with van der Waals surface area (Å²) in [5.74, 6) is 0.722. The molecule has 0 aliphatic carbocycles. The number of nitrogens with one attached hydrogen (secondary N) is 1. The van der Waals surface area contributed by atoms with Gasteiger partial charge in [0, 0.05) is 4.47 Å². The van der Waals surface area contributed by atoms with Gasteiger partial charge in [-0.05, 0) is 61.7 Å². The monoisotopic (exact) mass is 339 g/mol. The van der Waals surface area contributed by atoms with Crippen LogP contribution in [-0.2, 0) is 6.42 Å². The summed E-state index contributed by atoms with van der Waals surface area (Å²) in [6, 6.07) is 8.62. The summed E-state index contributed by atoms with van der Waals surface area (Å²) in [7, 11) is 0. The van der Waals surface area contributed by atoms with Crippen LogP contribution in [0.15, 0.2) is 28.7 Å². The van der Waals surface area contributed by atoms with Crippen LogP contribution >= 0.6 is 15.9 Å². The Bertz CT molecular complexity index is 381. The van der Waals surface area contributed by atoms with Crippen LogP contribution in [0.25, 0.3) is 0 Å². The van der Waals surface area contributed by atoms with E-state index in [1.807, 2.05) is 0 Å². The van der Waals surface area contributed by atoms with Crippen molar-refractivity contribution in [2.24, 2.45) is 11.3 Å². The number of halogens is 1. The third kappa shape index (κ3) is 7.44. The Morgan fingerprint density at radius 3 is 2.50 bits per heavy atom. The fourth-order valence-electron chi connectivity index (χ4n) is 2.37. The Morgan fingerprint density at radius 1 is 1.20 bits per heavy atom. The van der Waals surface area contributed by atoms with E-state index in [1.165, 1.54) is 29.3 Å². The van der Waals surface area contributed by atoms with E-state index in [0.717, 1.165) is 25.4 Å². The molecule has 0 saturated carbocycles. The number of hydrogen-bond donors (Lipinski definition) is 1. The molecule has 0 saturated heterocycles. The molecule has 1 atom stereocenters. The predicted octanol–water partition coefficient (Wildman–Crippen LogP) is 5.43. The summed E-state index contributed by atoms with van der Waals surface area (Å²) in [4.78, 5) is 0. The second-order valence-electron chi connectivity index (χ2n) is 6.97. The van der Waals surface area contributed by atoms with E-state index < -0.39 is 0 Å². The van der Waals surface area contributed by atoms with Crippen LogP contribution in [0.2, 0.25) is 0 Å². The van der Waals surface area contributed by atoms with Gasteiger partial charge in [0.15, 0.2) is 0 Å². The van der Waals surface area contributed by atoms with Crippen LogP contribution in [0, 0.1) is 11.3 Å². The Balaban J connectivity index is 2.59. The smallest absolute Gasteiger partial charge is 0.0207 e. The van der Waals surface area contributed by atoms with E-state index in [2.05, 4.69) is 73.2 Å². The van der Waals surface area contributed by atoms with Gasteiger partial charge in [0.2, 0.25) is 0 Å². The molecule has 0 aliphatic heterocycles. The van der Waals surface area contributed by atoms with E-state index in [-0.39, 0.29) is 0 Å². The first kappa shape index (κ1) is 17.7. The van der Waals surface area contributed by atoms with Gasteiger partial charge in [-0.25, -0.2) is 0 Å². The standard InChI is InChI=1S/C18H30BrN/c1-5-12-20-14-15(10-11-18(2,3)4)13-16-8-6-7-9-17(16)19/h6-9,15,20H,5,10-14H2,1-4H3. The lowest BCUT2D eigenvalue weighted by Gasteiger charge is -2.24. The van der Waals surface area contributed by atoms with Crippen molar-refractivity contribution in [2.75, 3.05) is 13.1 Å². The molecule has 0 amide bonds. The number of rotatable bonds is 8. The zero-order valence-corrected chi connectivity index (χ0v) is 15.1. The maximum absolute atomic E-state index is 3.68. The third-order valence-corrected chi connectivity index (χ3v) is 4.40. The minimum atomic E-state index is 0.428. The van der Waals surface area contributed by atoms with Crippen molar-refractivity contribution in [1.82, 2.24) is 5.32 Å². The summed E-state index contributed by atoms with van der Waals surface area (Å²) in [6.07, 6.45) is 4.95. The fourth-order valence-corrected chi connectivity index (χ4v) is 2.82. The Morgan fingerprint density at radius 2 is 1.90 bits per heavy atom. The highest BCUT2D eigenvalue weighted by molar-refractivity contribution is 9.10. The second-order valence-corrected chi connectivity index (χ2v) is 7.82. The Hall–Kier alpha value is -0.340. The van der Waals surface area contributed by atoms with Crippen molar-refractivity contribution in [1.29, 1.82) is 0 Å². The minimum absolute atomic E-state index is 0.428. The molecule has 114 valence electrons. The van der Waals surface area contributed by atoms with Crippen LogP contribution in [0.5, 0.6) is 0 Å². The highest BCUT2D eigenvalue weighted by atomic mass is 79.9. The summed E-state index contributed by atoms with van der Waals surface area (Å²) in [6.45, 7) is 11.5. The minimum Gasteiger partial charge on any atom is -0.316 e. The van der Waals surface area contributed by atoms with E-state index >= 15 is 0 Å². The molecular weight excluding hydrogens is 310 g/mol. The van der Waals surface area contributed by atoms with Gasteiger partial charge in [0.05, 0.1) is 0 Å². The topological polar surface area (TPSA) is 12.0 Å². The molecule has 0 aromatic heterocycles. The molecule has 0 fully saturated rings. The molecule has 1 N–H and O–H groups in total. The van der Waals surface area contributed by atoms with Gasteiger partial charge in [-0.3, -0.25) is 0 Å². The SMILES string of the molecule is CCCNCC(CCC(C)(C)C)Cc1ccccc1Br. The molecule has 20 heavy (non-hydrogen) atoms. The molecule has 0 bridgehead atoms. The highest BCUT2D eigenvalue weighted by Crippen LogP contribution is 2.27. The Kier molecular flexibility index (Phi) is 7.83. The van der Waals surface area contributed by atoms with Crippen LogP contribution in [0.1, 0.15) is 52.5 Å². The molecule has 1 aromatic carbocycles. The van der Waals surface area contributed by atoms with E-state index in [0.29, 0.717) is 5.41 Å². The van der Waals surface area contributed by atoms with Gasteiger partial charge in [-0.15, -0.1) is 0 Å². The van der Waals surface area contributed by atoms with Crippen LogP contribution in [0.4, 0.5) is 0 Å². The molecule has 1 aromatic rings. The molecule has 0 heterocycles. The average molecular weight is 340 g/mol. The van der Waals surface area contributed by atoms with E-state index in [4.69, 9.17) is 0 Å². The number of hydrogen-bond acceptors (Lipinski definition) is 1. The molecular formula is C18H30BrN. The number of benzene rings is 1. The van der Waals surface area contributed by atoms with Gasteiger partial charge >= 0.3 is 0 Å². The van der Waals surface area contributed by atoms with Crippen molar-refractivity contribution >= 4 is 15.9 Å². The van der Waals surface area contributed by atoms with Gasteiger partial charge < -0.3 is 5.32 Å². The third-order valence-electron chi connectivity index (χ3n) is 3.63. The largest absolute Gasteiger partial charge is 0.316 e. The average Bonchev–Trinajstić information content (AvgIpc) is 2.37. The predicted molar refractivity (Wildman–Crippen MR) is 93.2 cm³/mol. The lowest BCUT2D eigenvalue weighted by Crippen LogP contribution is -2.26. The van der Waals surface area contributed by atoms with Crippen LogP contribution in [-0.4, -0.2) is 13.1 Å². The van der Waals surface area contributed by atoms with Gasteiger partial charge in [0.1, 0.15) is 0 Å². The van der Waals surface area contributed by atoms with Crippen LogP contribution < -0.4 is 5.32 Å². The lowest BCUT2D eigenvalue weighted by atomic mass is 9.84. The van der Waals surface area contributed by atoms with Crippen molar-refractivity contribution < 1.29 is 0 Å². The summed E-state index contributed by atoms with van der Waals surface area (Å²) in [5, 5.41) is 3.60. The van der Waals surface area contributed by atoms with Gasteiger partial charge in [-0.2, -0.15) is 0 Å². The highest BCUT2D eigenvalue weighted by Gasteiger charge is 2.16. The Labute approximate surface area is 133 Å². The molecule has 0 aliphatic rings. The molecule has 1 rings (SSSR count).